The highest BCUT2D eigenvalue weighted by atomic mass is 32.1. The molecule has 2 unspecified atom stereocenters. The van der Waals surface area contributed by atoms with Crippen molar-refractivity contribution in [3.8, 4) is 0 Å². The molecular formula is C14H25N3S. The molecule has 1 aliphatic carbocycles. The summed E-state index contributed by atoms with van der Waals surface area (Å²) in [6.07, 6.45) is 5.52. The Bertz CT molecular complexity index is 324. The van der Waals surface area contributed by atoms with E-state index in [9.17, 15) is 0 Å². The van der Waals surface area contributed by atoms with Crippen molar-refractivity contribution < 1.29 is 0 Å². The fourth-order valence-corrected chi connectivity index (χ4v) is 3.56. The van der Waals surface area contributed by atoms with Crippen LogP contribution >= 0.6 is 11.3 Å². The largest absolute Gasteiger partial charge is 0.314 e. The minimum atomic E-state index is 0.724. The van der Waals surface area contributed by atoms with E-state index in [-0.39, 0.29) is 0 Å². The molecule has 102 valence electrons. The summed E-state index contributed by atoms with van der Waals surface area (Å²) in [7, 11) is 2.22. The Morgan fingerprint density at radius 2 is 2.28 bits per heavy atom. The Labute approximate surface area is 115 Å². The molecule has 1 saturated carbocycles. The lowest BCUT2D eigenvalue weighted by Crippen LogP contribution is -2.43. The molecule has 4 heteroatoms. The minimum Gasteiger partial charge on any atom is -0.314 e. The van der Waals surface area contributed by atoms with Crippen molar-refractivity contribution in [2.24, 2.45) is 5.92 Å². The summed E-state index contributed by atoms with van der Waals surface area (Å²) in [5.41, 5.74) is 3.13. The van der Waals surface area contributed by atoms with Crippen LogP contribution in [0.4, 0.5) is 0 Å². The first-order chi connectivity index (χ1) is 8.79. The molecule has 2 rings (SSSR count). The molecule has 3 nitrogen and oxygen atoms in total. The highest BCUT2D eigenvalue weighted by molar-refractivity contribution is 7.07. The fourth-order valence-electron chi connectivity index (χ4n) is 3.01. The predicted molar refractivity (Wildman–Crippen MR) is 77.9 cm³/mol. The van der Waals surface area contributed by atoms with E-state index in [0.29, 0.717) is 0 Å². The van der Waals surface area contributed by atoms with E-state index in [2.05, 4.69) is 34.6 Å². The number of thiazole rings is 1. The van der Waals surface area contributed by atoms with E-state index in [0.717, 1.165) is 25.0 Å². The first-order valence-corrected chi connectivity index (χ1v) is 8.03. The summed E-state index contributed by atoms with van der Waals surface area (Å²) in [5, 5.41) is 5.81. The van der Waals surface area contributed by atoms with Gasteiger partial charge in [-0.05, 0) is 32.4 Å². The molecule has 0 amide bonds. The van der Waals surface area contributed by atoms with Crippen molar-refractivity contribution in [3.63, 3.8) is 0 Å². The molecule has 18 heavy (non-hydrogen) atoms. The standard InChI is InChI=1S/C14H25N3S/c1-3-15-14-7-5-4-6-12(14)8-17(2)9-13-10-18-11-16-13/h10-12,14-15H,3-9H2,1-2H3. The summed E-state index contributed by atoms with van der Waals surface area (Å²) < 4.78 is 0. The molecule has 1 aliphatic rings. The lowest BCUT2D eigenvalue weighted by molar-refractivity contribution is 0.185. The maximum atomic E-state index is 4.37. The first kappa shape index (κ1) is 14.0. The summed E-state index contributed by atoms with van der Waals surface area (Å²) >= 11 is 1.69. The van der Waals surface area contributed by atoms with Gasteiger partial charge in [-0.15, -0.1) is 11.3 Å². The molecule has 1 heterocycles. The molecule has 0 aliphatic heterocycles. The van der Waals surface area contributed by atoms with Crippen LogP contribution in [-0.2, 0) is 6.54 Å². The van der Waals surface area contributed by atoms with Gasteiger partial charge in [-0.2, -0.15) is 0 Å². The van der Waals surface area contributed by atoms with Crippen molar-refractivity contribution in [1.29, 1.82) is 0 Å². The third kappa shape index (κ3) is 4.04. The van der Waals surface area contributed by atoms with Crippen LogP contribution in [-0.4, -0.2) is 36.1 Å². The van der Waals surface area contributed by atoms with Crippen LogP contribution < -0.4 is 5.32 Å². The van der Waals surface area contributed by atoms with E-state index in [1.165, 1.54) is 37.9 Å². The van der Waals surface area contributed by atoms with Crippen molar-refractivity contribution in [3.05, 3.63) is 16.6 Å². The van der Waals surface area contributed by atoms with E-state index >= 15 is 0 Å². The van der Waals surface area contributed by atoms with Gasteiger partial charge in [-0.3, -0.25) is 0 Å². The molecule has 1 N–H and O–H groups in total. The first-order valence-electron chi connectivity index (χ1n) is 7.08. The Morgan fingerprint density at radius 1 is 1.44 bits per heavy atom. The monoisotopic (exact) mass is 267 g/mol. The highest BCUT2D eigenvalue weighted by Crippen LogP contribution is 2.25. The smallest absolute Gasteiger partial charge is 0.0795 e. The molecule has 0 radical (unpaired) electrons. The van der Waals surface area contributed by atoms with Gasteiger partial charge < -0.3 is 10.2 Å². The third-order valence-corrected chi connectivity index (χ3v) is 4.47. The summed E-state index contributed by atoms with van der Waals surface area (Å²) in [6.45, 7) is 5.48. The number of nitrogens with zero attached hydrogens (tertiary/aromatic N) is 2. The van der Waals surface area contributed by atoms with E-state index in [1.807, 2.05) is 5.51 Å². The van der Waals surface area contributed by atoms with Crippen LogP contribution in [0.25, 0.3) is 0 Å². The van der Waals surface area contributed by atoms with Crippen LogP contribution in [0.1, 0.15) is 38.3 Å². The topological polar surface area (TPSA) is 28.2 Å². The number of rotatable bonds is 6. The third-order valence-electron chi connectivity index (χ3n) is 3.84. The van der Waals surface area contributed by atoms with Gasteiger partial charge in [0, 0.05) is 24.5 Å². The zero-order valence-electron chi connectivity index (χ0n) is 11.6. The normalized spacial score (nSPS) is 24.6. The maximum Gasteiger partial charge on any atom is 0.0795 e. The molecule has 0 spiro atoms. The maximum absolute atomic E-state index is 4.37. The summed E-state index contributed by atoms with van der Waals surface area (Å²) in [6, 6.07) is 0.724. The fraction of sp³-hybridized carbons (Fsp3) is 0.786. The van der Waals surface area contributed by atoms with Crippen molar-refractivity contribution >= 4 is 11.3 Å². The summed E-state index contributed by atoms with van der Waals surface area (Å²) in [4.78, 5) is 6.79. The lowest BCUT2D eigenvalue weighted by atomic mass is 9.84. The van der Waals surface area contributed by atoms with E-state index in [1.54, 1.807) is 11.3 Å². The molecule has 1 aromatic rings. The van der Waals surface area contributed by atoms with Crippen LogP contribution in [0.2, 0.25) is 0 Å². The Balaban J connectivity index is 1.82. The SMILES string of the molecule is CCNC1CCCCC1CN(C)Cc1cscn1. The second-order valence-corrected chi connectivity index (χ2v) is 6.10. The average Bonchev–Trinajstić information content (AvgIpc) is 2.84. The molecule has 0 bridgehead atoms. The second kappa shape index (κ2) is 7.22. The Hall–Kier alpha value is -0.450. The number of hydrogen-bond acceptors (Lipinski definition) is 4. The molecule has 0 saturated heterocycles. The van der Waals surface area contributed by atoms with Gasteiger partial charge in [-0.1, -0.05) is 19.8 Å². The van der Waals surface area contributed by atoms with Gasteiger partial charge in [0.1, 0.15) is 0 Å². The van der Waals surface area contributed by atoms with Crippen molar-refractivity contribution in [1.82, 2.24) is 15.2 Å². The van der Waals surface area contributed by atoms with E-state index < -0.39 is 0 Å². The molecule has 1 aromatic heterocycles. The van der Waals surface area contributed by atoms with Gasteiger partial charge in [-0.25, -0.2) is 4.98 Å². The predicted octanol–water partition coefficient (Wildman–Crippen LogP) is 2.74. The number of hydrogen-bond donors (Lipinski definition) is 1. The zero-order chi connectivity index (χ0) is 12.8. The highest BCUT2D eigenvalue weighted by Gasteiger charge is 2.25. The van der Waals surface area contributed by atoms with Crippen molar-refractivity contribution in [2.75, 3.05) is 20.1 Å². The molecule has 2 atom stereocenters. The van der Waals surface area contributed by atoms with E-state index in [4.69, 9.17) is 0 Å². The number of nitrogens with one attached hydrogen (secondary N) is 1. The van der Waals surface area contributed by atoms with Gasteiger partial charge in [0.2, 0.25) is 0 Å². The number of aromatic nitrogens is 1. The van der Waals surface area contributed by atoms with Gasteiger partial charge >= 0.3 is 0 Å². The van der Waals surface area contributed by atoms with Crippen LogP contribution in [0, 0.1) is 5.92 Å². The summed E-state index contributed by atoms with van der Waals surface area (Å²) in [5.74, 6) is 0.808. The van der Waals surface area contributed by atoms with Crippen molar-refractivity contribution in [2.45, 2.75) is 45.2 Å². The van der Waals surface area contributed by atoms with Gasteiger partial charge in [0.05, 0.1) is 11.2 Å². The van der Waals surface area contributed by atoms with Crippen LogP contribution in [0.15, 0.2) is 10.9 Å². The second-order valence-electron chi connectivity index (χ2n) is 5.39. The molecular weight excluding hydrogens is 242 g/mol. The minimum absolute atomic E-state index is 0.724. The quantitative estimate of drug-likeness (QED) is 0.859. The Morgan fingerprint density at radius 3 is 3.00 bits per heavy atom. The lowest BCUT2D eigenvalue weighted by Gasteiger charge is -2.34. The van der Waals surface area contributed by atoms with Crippen LogP contribution in [0.5, 0.6) is 0 Å². The zero-order valence-corrected chi connectivity index (χ0v) is 12.4. The molecule has 1 fully saturated rings. The Kier molecular flexibility index (Phi) is 5.60. The van der Waals surface area contributed by atoms with Gasteiger partial charge in [0.25, 0.3) is 0 Å². The van der Waals surface area contributed by atoms with Gasteiger partial charge in [0.15, 0.2) is 0 Å². The average molecular weight is 267 g/mol. The molecule has 0 aromatic carbocycles. The van der Waals surface area contributed by atoms with Crippen LogP contribution in [0.3, 0.4) is 0 Å².